The van der Waals surface area contributed by atoms with E-state index in [4.69, 9.17) is 5.11 Å². The van der Waals surface area contributed by atoms with Crippen LogP contribution in [0.25, 0.3) is 0 Å². The van der Waals surface area contributed by atoms with E-state index in [0.29, 0.717) is 9.78 Å². The Kier molecular flexibility index (Phi) is 4.71. The third kappa shape index (κ3) is 3.57. The lowest BCUT2D eigenvalue weighted by atomic mass is 10.3. The molecule has 17 heavy (non-hydrogen) atoms. The van der Waals surface area contributed by atoms with Crippen LogP contribution in [0.1, 0.15) is 16.6 Å². The van der Waals surface area contributed by atoms with Crippen LogP contribution in [0.4, 0.5) is 0 Å². The zero-order valence-electron chi connectivity index (χ0n) is 8.99. The van der Waals surface area contributed by atoms with Gasteiger partial charge >= 0.3 is 5.97 Å². The minimum atomic E-state index is -1.24. The van der Waals surface area contributed by atoms with Crippen molar-refractivity contribution in [3.05, 3.63) is 22.4 Å². The number of hydrogen-bond acceptors (Lipinski definition) is 5. The Hall–Kier alpha value is -1.34. The van der Waals surface area contributed by atoms with Crippen molar-refractivity contribution < 1.29 is 19.5 Å². The molecule has 92 valence electrons. The first-order valence-electron chi connectivity index (χ1n) is 4.72. The Balaban J connectivity index is 2.94. The molecule has 1 atom stereocenters. The van der Waals surface area contributed by atoms with Gasteiger partial charge in [0.2, 0.25) is 5.91 Å². The summed E-state index contributed by atoms with van der Waals surface area (Å²) in [6.07, 6.45) is 0. The molecule has 0 saturated carbocycles. The molecule has 1 heterocycles. The molecule has 1 rings (SSSR count). The van der Waals surface area contributed by atoms with Crippen molar-refractivity contribution in [3.8, 4) is 0 Å². The van der Waals surface area contributed by atoms with E-state index in [1.807, 2.05) is 0 Å². The molecular formula is C10H11NO4S2. The molecule has 1 aromatic heterocycles. The topological polar surface area (TPSA) is 74.7 Å². The van der Waals surface area contributed by atoms with Gasteiger partial charge in [-0.2, -0.15) is 12.6 Å². The number of carboxylic acid groups (broad SMARTS) is 1. The van der Waals surface area contributed by atoms with Crippen molar-refractivity contribution in [3.63, 3.8) is 0 Å². The van der Waals surface area contributed by atoms with E-state index in [1.54, 1.807) is 11.4 Å². The number of thiophene rings is 1. The van der Waals surface area contributed by atoms with Crippen LogP contribution in [0.15, 0.2) is 17.5 Å². The SMILES string of the molecule is CC(S)C(=O)N(CC(=O)O)C(=O)c1cccs1. The highest BCUT2D eigenvalue weighted by molar-refractivity contribution is 7.81. The van der Waals surface area contributed by atoms with Gasteiger partial charge in [0.1, 0.15) is 6.54 Å². The Morgan fingerprint density at radius 3 is 2.59 bits per heavy atom. The molecule has 1 N–H and O–H groups in total. The molecule has 0 spiro atoms. The second kappa shape index (κ2) is 5.83. The summed E-state index contributed by atoms with van der Waals surface area (Å²) in [7, 11) is 0. The molecule has 0 aliphatic carbocycles. The van der Waals surface area contributed by atoms with Crippen LogP contribution in [0, 0.1) is 0 Å². The predicted molar refractivity (Wildman–Crippen MR) is 66.4 cm³/mol. The molecule has 0 aromatic carbocycles. The highest BCUT2D eigenvalue weighted by atomic mass is 32.1. The van der Waals surface area contributed by atoms with Crippen LogP contribution in [0.3, 0.4) is 0 Å². The normalized spacial score (nSPS) is 11.9. The lowest BCUT2D eigenvalue weighted by Gasteiger charge is -2.19. The quantitative estimate of drug-likeness (QED) is 0.806. The van der Waals surface area contributed by atoms with E-state index >= 15 is 0 Å². The van der Waals surface area contributed by atoms with Crippen molar-refractivity contribution in [1.29, 1.82) is 0 Å². The largest absolute Gasteiger partial charge is 0.480 e. The van der Waals surface area contributed by atoms with Crippen molar-refractivity contribution in [2.24, 2.45) is 0 Å². The highest BCUT2D eigenvalue weighted by Gasteiger charge is 2.27. The molecule has 1 unspecified atom stereocenters. The molecule has 2 amide bonds. The van der Waals surface area contributed by atoms with Gasteiger partial charge in [0, 0.05) is 0 Å². The molecule has 0 saturated heterocycles. The molecule has 5 nitrogen and oxygen atoms in total. The molecule has 0 aliphatic heterocycles. The number of aliphatic carboxylic acids is 1. The van der Waals surface area contributed by atoms with E-state index in [9.17, 15) is 14.4 Å². The van der Waals surface area contributed by atoms with Crippen LogP contribution < -0.4 is 0 Å². The van der Waals surface area contributed by atoms with E-state index in [-0.39, 0.29) is 0 Å². The minimum absolute atomic E-state index is 0.327. The molecular weight excluding hydrogens is 262 g/mol. The molecule has 0 radical (unpaired) electrons. The zero-order valence-corrected chi connectivity index (χ0v) is 10.7. The highest BCUT2D eigenvalue weighted by Crippen LogP contribution is 2.13. The average molecular weight is 273 g/mol. The maximum Gasteiger partial charge on any atom is 0.323 e. The van der Waals surface area contributed by atoms with Gasteiger partial charge in [-0.15, -0.1) is 11.3 Å². The first-order chi connectivity index (χ1) is 7.93. The van der Waals surface area contributed by atoms with Gasteiger partial charge in [-0.05, 0) is 18.4 Å². The third-order valence-corrected chi connectivity index (χ3v) is 2.97. The first kappa shape index (κ1) is 13.7. The second-order valence-electron chi connectivity index (χ2n) is 3.28. The van der Waals surface area contributed by atoms with Crippen LogP contribution in [-0.4, -0.2) is 39.6 Å². The van der Waals surface area contributed by atoms with Gasteiger partial charge in [-0.25, -0.2) is 0 Å². The maximum absolute atomic E-state index is 11.9. The van der Waals surface area contributed by atoms with Gasteiger partial charge in [0.05, 0.1) is 10.1 Å². The van der Waals surface area contributed by atoms with E-state index in [1.165, 1.54) is 13.0 Å². The fourth-order valence-corrected chi connectivity index (χ4v) is 1.96. The number of carbonyl (C=O) groups excluding carboxylic acids is 2. The van der Waals surface area contributed by atoms with Crippen molar-refractivity contribution >= 4 is 41.7 Å². The molecule has 7 heteroatoms. The summed E-state index contributed by atoms with van der Waals surface area (Å²) >= 11 is 5.07. The standard InChI is InChI=1S/C10H11NO4S2/c1-6(16)9(14)11(5-8(12)13)10(15)7-3-2-4-17-7/h2-4,6,16H,5H2,1H3,(H,12,13). The van der Waals surface area contributed by atoms with Crippen molar-refractivity contribution in [2.75, 3.05) is 6.54 Å². The Labute approximate surface area is 107 Å². The van der Waals surface area contributed by atoms with Gasteiger partial charge < -0.3 is 5.11 Å². The van der Waals surface area contributed by atoms with E-state index < -0.39 is 29.6 Å². The van der Waals surface area contributed by atoms with Crippen molar-refractivity contribution in [1.82, 2.24) is 4.90 Å². The molecule has 1 aromatic rings. The number of thiol groups is 1. The maximum atomic E-state index is 11.9. The van der Waals surface area contributed by atoms with Crippen LogP contribution in [-0.2, 0) is 9.59 Å². The number of carbonyl (C=O) groups is 3. The summed E-state index contributed by atoms with van der Waals surface area (Å²) < 4.78 is 0. The number of rotatable bonds is 4. The molecule has 0 bridgehead atoms. The van der Waals surface area contributed by atoms with E-state index in [0.717, 1.165) is 11.3 Å². The number of nitrogens with zero attached hydrogens (tertiary/aromatic N) is 1. The Morgan fingerprint density at radius 1 is 1.53 bits per heavy atom. The smallest absolute Gasteiger partial charge is 0.323 e. The summed E-state index contributed by atoms with van der Waals surface area (Å²) in [6.45, 7) is 0.836. The Morgan fingerprint density at radius 2 is 2.18 bits per heavy atom. The zero-order chi connectivity index (χ0) is 13.0. The Bertz CT molecular complexity index is 428. The number of hydrogen-bond donors (Lipinski definition) is 2. The number of imide groups is 1. The average Bonchev–Trinajstić information content (AvgIpc) is 2.76. The monoisotopic (exact) mass is 273 g/mol. The summed E-state index contributed by atoms with van der Waals surface area (Å²) in [5, 5.41) is 9.65. The van der Waals surface area contributed by atoms with Crippen molar-refractivity contribution in [2.45, 2.75) is 12.2 Å². The lowest BCUT2D eigenvalue weighted by Crippen LogP contribution is -2.43. The van der Waals surface area contributed by atoms with Crippen LogP contribution in [0.2, 0.25) is 0 Å². The van der Waals surface area contributed by atoms with Gasteiger partial charge in [0.15, 0.2) is 0 Å². The second-order valence-corrected chi connectivity index (χ2v) is 5.00. The minimum Gasteiger partial charge on any atom is -0.480 e. The lowest BCUT2D eigenvalue weighted by molar-refractivity contribution is -0.142. The summed E-state index contributed by atoms with van der Waals surface area (Å²) in [6, 6.07) is 3.20. The predicted octanol–water partition coefficient (Wildman–Crippen LogP) is 1.12. The van der Waals surface area contributed by atoms with Gasteiger partial charge in [0.25, 0.3) is 5.91 Å². The van der Waals surface area contributed by atoms with Crippen LogP contribution >= 0.6 is 24.0 Å². The number of carboxylic acids is 1. The fourth-order valence-electron chi connectivity index (χ4n) is 1.14. The van der Waals surface area contributed by atoms with E-state index in [2.05, 4.69) is 12.6 Å². The van der Waals surface area contributed by atoms with Gasteiger partial charge in [-0.3, -0.25) is 19.3 Å². The van der Waals surface area contributed by atoms with Crippen LogP contribution in [0.5, 0.6) is 0 Å². The summed E-state index contributed by atoms with van der Waals surface area (Å²) in [5.74, 6) is -2.46. The van der Waals surface area contributed by atoms with Gasteiger partial charge in [-0.1, -0.05) is 6.07 Å². The first-order valence-corrected chi connectivity index (χ1v) is 6.12. The summed E-state index contributed by atoms with van der Waals surface area (Å²) in [4.78, 5) is 35.3. The molecule has 0 fully saturated rings. The molecule has 0 aliphatic rings. The number of amides is 2. The third-order valence-electron chi connectivity index (χ3n) is 1.89. The summed E-state index contributed by atoms with van der Waals surface area (Å²) in [5.41, 5.74) is 0. The fraction of sp³-hybridized carbons (Fsp3) is 0.300.